The normalized spacial score (nSPS) is 16.7. The van der Waals surface area contributed by atoms with Crippen LogP contribution in [-0.4, -0.2) is 21.5 Å². The molecule has 0 spiro atoms. The predicted octanol–water partition coefficient (Wildman–Crippen LogP) is 4.68. The summed E-state index contributed by atoms with van der Waals surface area (Å²) in [5, 5.41) is 7.96. The molecular weight excluding hydrogens is 414 g/mol. The fourth-order valence-electron chi connectivity index (χ4n) is 4.20. The van der Waals surface area contributed by atoms with Crippen molar-refractivity contribution in [1.29, 1.82) is 0 Å². The van der Waals surface area contributed by atoms with E-state index in [9.17, 15) is 9.59 Å². The zero-order chi connectivity index (χ0) is 22.6. The van der Waals surface area contributed by atoms with Crippen LogP contribution in [0.2, 0.25) is 5.02 Å². The third-order valence-corrected chi connectivity index (χ3v) is 5.67. The van der Waals surface area contributed by atoms with Crippen LogP contribution >= 0.6 is 11.6 Å². The minimum atomic E-state index is -1.29. The Hall–Kier alpha value is -2.78. The summed E-state index contributed by atoms with van der Waals surface area (Å²) >= 11 is 6.33. The van der Waals surface area contributed by atoms with E-state index in [2.05, 4.69) is 16.3 Å². The first-order chi connectivity index (χ1) is 14.7. The van der Waals surface area contributed by atoms with Gasteiger partial charge in [0.15, 0.2) is 5.66 Å². The number of hydrogen-bond donors (Lipinski definition) is 1. The van der Waals surface area contributed by atoms with E-state index in [0.29, 0.717) is 16.3 Å². The molecule has 1 aromatic heterocycles. The molecule has 1 saturated carbocycles. The average molecular weight is 442 g/mol. The van der Waals surface area contributed by atoms with Crippen molar-refractivity contribution in [3.8, 4) is 12.3 Å². The second-order valence-electron chi connectivity index (χ2n) is 8.85. The summed E-state index contributed by atoms with van der Waals surface area (Å²) in [5.74, 6) is 2.38. The van der Waals surface area contributed by atoms with Crippen molar-refractivity contribution in [1.82, 2.24) is 15.1 Å². The number of alkyl carbamates (subject to hydrolysis) is 1. The molecule has 1 aromatic carbocycles. The van der Waals surface area contributed by atoms with Crippen LogP contribution in [0, 0.1) is 18.3 Å². The largest absolute Gasteiger partial charge is 0.444 e. The monoisotopic (exact) mass is 441 g/mol. The number of amides is 1. The van der Waals surface area contributed by atoms with E-state index >= 15 is 0 Å². The van der Waals surface area contributed by atoms with E-state index in [1.54, 1.807) is 39.0 Å². The number of carbonyl (C=O) groups is 1. The minimum Gasteiger partial charge on any atom is -0.444 e. The molecule has 1 fully saturated rings. The molecule has 7 heteroatoms. The summed E-state index contributed by atoms with van der Waals surface area (Å²) in [6, 6.07) is 10.0. The first-order valence-corrected chi connectivity index (χ1v) is 10.9. The number of terminal acetylenes is 1. The van der Waals surface area contributed by atoms with Gasteiger partial charge in [0.25, 0.3) is 5.56 Å². The minimum absolute atomic E-state index is 0.106. The third kappa shape index (κ3) is 5.11. The second-order valence-corrected chi connectivity index (χ2v) is 9.29. The van der Waals surface area contributed by atoms with Gasteiger partial charge in [-0.15, -0.1) is 6.42 Å². The van der Waals surface area contributed by atoms with E-state index in [0.717, 1.165) is 32.1 Å². The molecule has 1 aliphatic carbocycles. The van der Waals surface area contributed by atoms with Crippen molar-refractivity contribution in [2.24, 2.45) is 5.92 Å². The van der Waals surface area contributed by atoms with Crippen LogP contribution in [0.3, 0.4) is 0 Å². The number of nitrogens with one attached hydrogen (secondary N) is 1. The Labute approximate surface area is 187 Å². The van der Waals surface area contributed by atoms with Gasteiger partial charge in [-0.3, -0.25) is 10.1 Å². The highest BCUT2D eigenvalue weighted by Gasteiger charge is 2.46. The number of benzene rings is 1. The molecular formula is C24H28ClN3O3. The maximum atomic E-state index is 13.1. The number of halogens is 1. The summed E-state index contributed by atoms with van der Waals surface area (Å²) in [6.07, 6.45) is 9.60. The smallest absolute Gasteiger partial charge is 0.409 e. The fraction of sp³-hybridized carbons (Fsp3) is 0.458. The van der Waals surface area contributed by atoms with Crippen LogP contribution in [0.25, 0.3) is 0 Å². The lowest BCUT2D eigenvalue weighted by atomic mass is 9.76. The van der Waals surface area contributed by atoms with Crippen LogP contribution in [0.15, 0.2) is 41.2 Å². The Morgan fingerprint density at radius 3 is 2.55 bits per heavy atom. The molecule has 0 saturated heterocycles. The van der Waals surface area contributed by atoms with Crippen molar-refractivity contribution < 1.29 is 9.53 Å². The van der Waals surface area contributed by atoms with Crippen molar-refractivity contribution in [3.05, 3.63) is 63.0 Å². The Morgan fingerprint density at radius 1 is 1.23 bits per heavy atom. The number of carbonyl (C=O) groups excluding carboxylic acids is 1. The lowest BCUT2D eigenvalue weighted by Crippen LogP contribution is -2.61. The zero-order valence-electron chi connectivity index (χ0n) is 18.2. The molecule has 3 rings (SSSR count). The van der Waals surface area contributed by atoms with Gasteiger partial charge >= 0.3 is 6.09 Å². The van der Waals surface area contributed by atoms with Gasteiger partial charge in [0.1, 0.15) is 11.3 Å². The lowest BCUT2D eigenvalue weighted by molar-refractivity contribution is 0.0280. The predicted molar refractivity (Wildman–Crippen MR) is 121 cm³/mol. The summed E-state index contributed by atoms with van der Waals surface area (Å²) in [7, 11) is 0. The molecule has 1 N–H and O–H groups in total. The molecule has 0 bridgehead atoms. The van der Waals surface area contributed by atoms with Gasteiger partial charge in [-0.05, 0) is 57.7 Å². The van der Waals surface area contributed by atoms with Crippen molar-refractivity contribution in [2.45, 2.75) is 64.1 Å². The molecule has 164 valence electrons. The number of ether oxygens (including phenoxy) is 1. The standard InChI is InChI=1S/C24H28ClN3O3/c1-5-20-14-15-21(29)28(27-20)24(17-10-7-6-8-11-17,18-12-9-13-19(25)16-18)26-22(30)31-23(2,3)4/h1,9,12-17H,6-8,10-11H2,2-4H3,(H,26,30). The Kier molecular flexibility index (Phi) is 6.76. The Morgan fingerprint density at radius 2 is 1.94 bits per heavy atom. The fourth-order valence-corrected chi connectivity index (χ4v) is 4.39. The summed E-state index contributed by atoms with van der Waals surface area (Å²) in [5.41, 5.74) is -1.43. The highest BCUT2D eigenvalue weighted by atomic mass is 35.5. The molecule has 0 radical (unpaired) electrons. The van der Waals surface area contributed by atoms with Gasteiger partial charge in [-0.2, -0.15) is 9.78 Å². The van der Waals surface area contributed by atoms with Gasteiger partial charge in [0.2, 0.25) is 0 Å². The number of hydrogen-bond acceptors (Lipinski definition) is 4. The SMILES string of the molecule is C#Cc1ccc(=O)n(C(NC(=O)OC(C)(C)C)(c2cccc(Cl)c2)C2CCCCC2)n1. The zero-order valence-corrected chi connectivity index (χ0v) is 18.9. The molecule has 31 heavy (non-hydrogen) atoms. The highest BCUT2D eigenvalue weighted by Crippen LogP contribution is 2.40. The van der Waals surface area contributed by atoms with Gasteiger partial charge in [-0.25, -0.2) is 4.79 Å². The maximum Gasteiger partial charge on any atom is 0.409 e. The van der Waals surface area contributed by atoms with Crippen LogP contribution in [0.5, 0.6) is 0 Å². The molecule has 1 atom stereocenters. The summed E-state index contributed by atoms with van der Waals surface area (Å²) in [6.45, 7) is 5.37. The molecule has 1 amide bonds. The van der Waals surface area contributed by atoms with E-state index in [-0.39, 0.29) is 11.5 Å². The number of nitrogens with zero attached hydrogens (tertiary/aromatic N) is 2. The molecule has 0 aliphatic heterocycles. The van der Waals surface area contributed by atoms with Gasteiger partial charge in [0, 0.05) is 22.6 Å². The van der Waals surface area contributed by atoms with E-state index in [4.69, 9.17) is 22.8 Å². The van der Waals surface area contributed by atoms with Crippen LogP contribution < -0.4 is 10.9 Å². The molecule has 2 aromatic rings. The molecule has 1 heterocycles. The number of aromatic nitrogens is 2. The second kappa shape index (κ2) is 9.15. The van der Waals surface area contributed by atoms with Crippen LogP contribution in [0.4, 0.5) is 4.79 Å². The first-order valence-electron chi connectivity index (χ1n) is 10.5. The lowest BCUT2D eigenvalue weighted by Gasteiger charge is -2.43. The third-order valence-electron chi connectivity index (χ3n) is 5.43. The Balaban J connectivity index is 2.29. The average Bonchev–Trinajstić information content (AvgIpc) is 2.72. The van der Waals surface area contributed by atoms with E-state index in [1.807, 2.05) is 6.07 Å². The topological polar surface area (TPSA) is 73.2 Å². The van der Waals surface area contributed by atoms with Crippen LogP contribution in [-0.2, 0) is 10.4 Å². The Bertz CT molecular complexity index is 1050. The highest BCUT2D eigenvalue weighted by molar-refractivity contribution is 6.30. The van der Waals surface area contributed by atoms with E-state index in [1.165, 1.54) is 16.8 Å². The summed E-state index contributed by atoms with van der Waals surface area (Å²) < 4.78 is 6.89. The van der Waals surface area contributed by atoms with Crippen molar-refractivity contribution in [3.63, 3.8) is 0 Å². The van der Waals surface area contributed by atoms with Gasteiger partial charge in [0.05, 0.1) is 0 Å². The first kappa shape index (κ1) is 22.9. The van der Waals surface area contributed by atoms with Crippen molar-refractivity contribution >= 4 is 17.7 Å². The molecule has 6 nitrogen and oxygen atoms in total. The molecule has 1 aliphatic rings. The van der Waals surface area contributed by atoms with Gasteiger partial charge < -0.3 is 4.74 Å². The number of rotatable bonds is 4. The summed E-state index contributed by atoms with van der Waals surface area (Å²) in [4.78, 5) is 26.2. The van der Waals surface area contributed by atoms with Crippen LogP contribution in [0.1, 0.15) is 64.1 Å². The van der Waals surface area contributed by atoms with Crippen molar-refractivity contribution in [2.75, 3.05) is 0 Å². The quantitative estimate of drug-likeness (QED) is 0.699. The molecule has 1 unspecified atom stereocenters. The maximum absolute atomic E-state index is 13.1. The van der Waals surface area contributed by atoms with Gasteiger partial charge in [-0.1, -0.05) is 43.0 Å². The van der Waals surface area contributed by atoms with E-state index < -0.39 is 17.4 Å².